The van der Waals surface area contributed by atoms with Gasteiger partial charge >= 0.3 is 0 Å². The monoisotopic (exact) mass is 304 g/mol. The third-order valence-corrected chi connectivity index (χ3v) is 2.91. The summed E-state index contributed by atoms with van der Waals surface area (Å²) in [4.78, 5) is 11.3. The van der Waals surface area contributed by atoms with Crippen LogP contribution in [0, 0.1) is 5.92 Å². The Morgan fingerprint density at radius 3 is 1.86 bits per heavy atom. The van der Waals surface area contributed by atoms with Crippen LogP contribution in [0.3, 0.4) is 0 Å². The molecule has 0 aromatic rings. The van der Waals surface area contributed by atoms with E-state index in [1.165, 1.54) is 0 Å². The largest absolute Gasteiger partial charge is 0.382 e. The van der Waals surface area contributed by atoms with Crippen molar-refractivity contribution < 1.29 is 23.7 Å². The molecule has 126 valence electrons. The molecule has 0 N–H and O–H groups in total. The summed E-state index contributed by atoms with van der Waals surface area (Å²) in [6.07, 6.45) is 3.30. The standard InChI is InChI=1S/C16H32O5/c1-4-18-8-6-5-7-9-19-10-11-20-12-13-21-14-16(17)15(2)3/h15H,4-14H2,1-3H3. The van der Waals surface area contributed by atoms with Gasteiger partial charge in [-0.3, -0.25) is 4.79 Å². The summed E-state index contributed by atoms with van der Waals surface area (Å²) >= 11 is 0. The molecule has 0 fully saturated rings. The maximum atomic E-state index is 11.3. The predicted octanol–water partition coefficient (Wildman–Crippen LogP) is 2.47. The fourth-order valence-corrected chi connectivity index (χ4v) is 1.51. The maximum Gasteiger partial charge on any atom is 0.160 e. The molecule has 0 aromatic carbocycles. The van der Waals surface area contributed by atoms with Gasteiger partial charge in [0.15, 0.2) is 5.78 Å². The lowest BCUT2D eigenvalue weighted by Crippen LogP contribution is -2.17. The molecule has 0 saturated heterocycles. The highest BCUT2D eigenvalue weighted by atomic mass is 16.5. The first-order chi connectivity index (χ1) is 10.2. The number of unbranched alkanes of at least 4 members (excludes halogenated alkanes) is 2. The lowest BCUT2D eigenvalue weighted by Gasteiger charge is -2.07. The van der Waals surface area contributed by atoms with Crippen LogP contribution in [0.2, 0.25) is 0 Å². The SMILES string of the molecule is CCOCCCCCOCCOCCOCC(=O)C(C)C. The predicted molar refractivity (Wildman–Crippen MR) is 82.6 cm³/mol. The minimum absolute atomic E-state index is 0.0350. The quantitative estimate of drug-likeness (QED) is 0.410. The molecule has 21 heavy (non-hydrogen) atoms. The van der Waals surface area contributed by atoms with Crippen LogP contribution < -0.4 is 0 Å². The van der Waals surface area contributed by atoms with Crippen molar-refractivity contribution in [1.82, 2.24) is 0 Å². The molecule has 0 aliphatic heterocycles. The second kappa shape index (κ2) is 15.9. The number of rotatable bonds is 16. The van der Waals surface area contributed by atoms with Crippen LogP contribution in [0.5, 0.6) is 0 Å². The zero-order chi connectivity index (χ0) is 15.8. The molecule has 0 rings (SSSR count). The summed E-state index contributed by atoms with van der Waals surface area (Å²) < 4.78 is 21.3. The minimum Gasteiger partial charge on any atom is -0.382 e. The van der Waals surface area contributed by atoms with Gasteiger partial charge in [0.1, 0.15) is 6.61 Å². The van der Waals surface area contributed by atoms with Crippen molar-refractivity contribution in [3.8, 4) is 0 Å². The summed E-state index contributed by atoms with van der Waals surface area (Å²) in [5.41, 5.74) is 0. The first kappa shape index (κ1) is 20.5. The molecular weight excluding hydrogens is 272 g/mol. The average Bonchev–Trinajstić information content (AvgIpc) is 2.47. The van der Waals surface area contributed by atoms with E-state index >= 15 is 0 Å². The van der Waals surface area contributed by atoms with Crippen LogP contribution in [-0.2, 0) is 23.7 Å². The molecule has 0 saturated carbocycles. The maximum absolute atomic E-state index is 11.3. The van der Waals surface area contributed by atoms with Gasteiger partial charge in [0, 0.05) is 25.7 Å². The van der Waals surface area contributed by atoms with Crippen molar-refractivity contribution in [3.63, 3.8) is 0 Å². The van der Waals surface area contributed by atoms with Gasteiger partial charge in [-0.05, 0) is 26.2 Å². The van der Waals surface area contributed by atoms with Crippen molar-refractivity contribution in [2.24, 2.45) is 5.92 Å². The van der Waals surface area contributed by atoms with E-state index in [1.54, 1.807) is 0 Å². The van der Waals surface area contributed by atoms with E-state index in [0.717, 1.165) is 39.1 Å². The van der Waals surface area contributed by atoms with Crippen LogP contribution in [0.15, 0.2) is 0 Å². The zero-order valence-electron chi connectivity index (χ0n) is 13.9. The van der Waals surface area contributed by atoms with Crippen molar-refractivity contribution >= 4 is 5.78 Å². The van der Waals surface area contributed by atoms with Gasteiger partial charge in [0.25, 0.3) is 0 Å². The van der Waals surface area contributed by atoms with Crippen LogP contribution in [0.4, 0.5) is 0 Å². The smallest absolute Gasteiger partial charge is 0.160 e. The summed E-state index contributed by atoms with van der Waals surface area (Å²) in [6, 6.07) is 0. The van der Waals surface area contributed by atoms with Crippen molar-refractivity contribution in [3.05, 3.63) is 0 Å². The van der Waals surface area contributed by atoms with Gasteiger partial charge in [-0.15, -0.1) is 0 Å². The fraction of sp³-hybridized carbons (Fsp3) is 0.938. The lowest BCUT2D eigenvalue weighted by molar-refractivity contribution is -0.127. The molecule has 0 atom stereocenters. The topological polar surface area (TPSA) is 54.0 Å². The lowest BCUT2D eigenvalue weighted by atomic mass is 10.1. The molecule has 0 aliphatic rings. The van der Waals surface area contributed by atoms with Gasteiger partial charge in [0.05, 0.1) is 26.4 Å². The van der Waals surface area contributed by atoms with E-state index in [9.17, 15) is 4.79 Å². The van der Waals surface area contributed by atoms with Crippen molar-refractivity contribution in [1.29, 1.82) is 0 Å². The Morgan fingerprint density at radius 1 is 0.762 bits per heavy atom. The molecule has 0 unspecified atom stereocenters. The van der Waals surface area contributed by atoms with Gasteiger partial charge in [-0.2, -0.15) is 0 Å². The number of ether oxygens (including phenoxy) is 4. The first-order valence-electron chi connectivity index (χ1n) is 8.02. The number of carbonyl (C=O) groups excluding carboxylic acids is 1. The van der Waals surface area contributed by atoms with Gasteiger partial charge in [0.2, 0.25) is 0 Å². The van der Waals surface area contributed by atoms with Crippen LogP contribution in [0.25, 0.3) is 0 Å². The van der Waals surface area contributed by atoms with E-state index in [-0.39, 0.29) is 18.3 Å². The van der Waals surface area contributed by atoms with Crippen LogP contribution in [-0.4, -0.2) is 58.6 Å². The Kier molecular flexibility index (Phi) is 15.5. The molecule has 0 aromatic heterocycles. The molecule has 0 spiro atoms. The number of hydrogen-bond donors (Lipinski definition) is 0. The Hall–Kier alpha value is -0.490. The Morgan fingerprint density at radius 2 is 1.29 bits per heavy atom. The second-order valence-electron chi connectivity index (χ2n) is 5.16. The molecule has 5 nitrogen and oxygen atoms in total. The molecular formula is C16H32O5. The zero-order valence-corrected chi connectivity index (χ0v) is 13.9. The van der Waals surface area contributed by atoms with Gasteiger partial charge in [-0.25, -0.2) is 0 Å². The molecule has 0 amide bonds. The van der Waals surface area contributed by atoms with Gasteiger partial charge in [-0.1, -0.05) is 13.8 Å². The summed E-state index contributed by atoms with van der Waals surface area (Å²) in [5, 5.41) is 0. The van der Waals surface area contributed by atoms with Gasteiger partial charge < -0.3 is 18.9 Å². The number of hydrogen-bond acceptors (Lipinski definition) is 5. The normalized spacial score (nSPS) is 11.2. The molecule has 0 bridgehead atoms. The highest BCUT2D eigenvalue weighted by molar-refractivity contribution is 5.81. The van der Waals surface area contributed by atoms with E-state index in [0.29, 0.717) is 26.4 Å². The fourth-order valence-electron chi connectivity index (χ4n) is 1.51. The third kappa shape index (κ3) is 15.7. The minimum atomic E-state index is 0.0350. The van der Waals surface area contributed by atoms with Crippen molar-refractivity contribution in [2.45, 2.75) is 40.0 Å². The molecule has 5 heteroatoms. The van der Waals surface area contributed by atoms with E-state index in [1.807, 2.05) is 20.8 Å². The average molecular weight is 304 g/mol. The Labute approximate surface area is 129 Å². The van der Waals surface area contributed by atoms with E-state index in [4.69, 9.17) is 18.9 Å². The van der Waals surface area contributed by atoms with Crippen LogP contribution in [0.1, 0.15) is 40.0 Å². The highest BCUT2D eigenvalue weighted by Gasteiger charge is 2.06. The second-order valence-corrected chi connectivity index (χ2v) is 5.16. The van der Waals surface area contributed by atoms with Crippen LogP contribution >= 0.6 is 0 Å². The first-order valence-corrected chi connectivity index (χ1v) is 8.02. The summed E-state index contributed by atoms with van der Waals surface area (Å²) in [5.74, 6) is 0.163. The highest BCUT2D eigenvalue weighted by Crippen LogP contribution is 1.97. The van der Waals surface area contributed by atoms with Crippen molar-refractivity contribution in [2.75, 3.05) is 52.9 Å². The molecule has 0 radical (unpaired) electrons. The number of carbonyl (C=O) groups is 1. The number of Topliss-reactive ketones (excluding diaryl/α,β-unsaturated/α-hetero) is 1. The third-order valence-electron chi connectivity index (χ3n) is 2.91. The number of ketones is 1. The Bertz CT molecular complexity index is 231. The molecule has 0 heterocycles. The van der Waals surface area contributed by atoms with E-state index in [2.05, 4.69) is 0 Å². The summed E-state index contributed by atoms with van der Waals surface area (Å²) in [7, 11) is 0. The Balaban J connectivity index is 3.04. The summed E-state index contributed by atoms with van der Waals surface area (Å²) in [6.45, 7) is 10.5. The molecule has 0 aliphatic carbocycles. The van der Waals surface area contributed by atoms with E-state index < -0.39 is 0 Å².